The molecule has 23 heavy (non-hydrogen) atoms. The number of hydrogen-bond acceptors (Lipinski definition) is 5. The third kappa shape index (κ3) is 3.35. The van der Waals surface area contributed by atoms with Crippen LogP contribution in [0.2, 0.25) is 0 Å². The second-order valence-electron chi connectivity index (χ2n) is 4.67. The molecule has 0 spiro atoms. The van der Waals surface area contributed by atoms with Gasteiger partial charge >= 0.3 is 0 Å². The molecule has 0 saturated heterocycles. The van der Waals surface area contributed by atoms with Crippen LogP contribution < -0.4 is 11.0 Å². The van der Waals surface area contributed by atoms with Crippen LogP contribution in [-0.2, 0) is 4.79 Å². The lowest BCUT2D eigenvalue weighted by atomic mass is 10.2. The van der Waals surface area contributed by atoms with Gasteiger partial charge in [-0.3, -0.25) is 15.0 Å². The highest BCUT2D eigenvalue weighted by molar-refractivity contribution is 9.10. The summed E-state index contributed by atoms with van der Waals surface area (Å²) < 4.78 is 0.926. The fraction of sp³-hybridized carbons (Fsp3) is 0. The van der Waals surface area contributed by atoms with Crippen molar-refractivity contribution in [3.63, 3.8) is 0 Å². The predicted octanol–water partition coefficient (Wildman–Crippen LogP) is 2.70. The summed E-state index contributed by atoms with van der Waals surface area (Å²) in [6, 6.07) is 14.3. The molecule has 0 radical (unpaired) electrons. The Morgan fingerprint density at radius 3 is 2.65 bits per heavy atom. The highest BCUT2D eigenvalue weighted by Crippen LogP contribution is 2.14. The summed E-state index contributed by atoms with van der Waals surface area (Å²) in [6.07, 6.45) is 0.498. The van der Waals surface area contributed by atoms with Gasteiger partial charge in [-0.1, -0.05) is 28.1 Å². The summed E-state index contributed by atoms with van der Waals surface area (Å²) in [6.45, 7) is 0. The molecule has 1 heterocycles. The van der Waals surface area contributed by atoms with Gasteiger partial charge in [0.15, 0.2) is 17.7 Å². The van der Waals surface area contributed by atoms with E-state index in [-0.39, 0.29) is 11.4 Å². The summed E-state index contributed by atoms with van der Waals surface area (Å²) in [5.41, 5.74) is 4.05. The first-order valence-corrected chi connectivity index (χ1v) is 7.50. The van der Waals surface area contributed by atoms with Gasteiger partial charge in [0.05, 0.1) is 16.7 Å². The molecule has 0 atom stereocenters. The molecule has 3 rings (SSSR count). The monoisotopic (exact) mass is 370 g/mol. The van der Waals surface area contributed by atoms with E-state index < -0.39 is 5.56 Å². The van der Waals surface area contributed by atoms with Crippen LogP contribution in [0.25, 0.3) is 11.0 Å². The summed E-state index contributed by atoms with van der Waals surface area (Å²) in [5, 5.41) is 3.98. The highest BCUT2D eigenvalue weighted by atomic mass is 79.9. The first-order chi connectivity index (χ1) is 11.2. The van der Waals surface area contributed by atoms with Crippen molar-refractivity contribution >= 4 is 44.6 Å². The van der Waals surface area contributed by atoms with Crippen LogP contribution >= 0.6 is 15.9 Å². The van der Waals surface area contributed by atoms with Gasteiger partial charge in [-0.15, -0.1) is 0 Å². The van der Waals surface area contributed by atoms with Crippen LogP contribution in [-0.4, -0.2) is 22.0 Å². The van der Waals surface area contributed by atoms with Crippen LogP contribution in [0.5, 0.6) is 0 Å². The molecule has 0 bridgehead atoms. The number of aromatic amines is 1. The second kappa shape index (κ2) is 6.53. The third-order valence-corrected chi connectivity index (χ3v) is 3.63. The number of aldehydes is 1. The van der Waals surface area contributed by atoms with Crippen LogP contribution in [0, 0.1) is 0 Å². The van der Waals surface area contributed by atoms with Crippen molar-refractivity contribution in [1.82, 2.24) is 9.97 Å². The molecule has 0 aliphatic rings. The number of carbonyl (C=O) groups excluding carboxylic acids is 1. The number of halogens is 1. The van der Waals surface area contributed by atoms with Crippen LogP contribution in [0.1, 0.15) is 5.69 Å². The van der Waals surface area contributed by atoms with Gasteiger partial charge < -0.3 is 4.98 Å². The van der Waals surface area contributed by atoms with Crippen molar-refractivity contribution in [2.75, 3.05) is 5.43 Å². The molecule has 2 aromatic carbocycles. The van der Waals surface area contributed by atoms with E-state index >= 15 is 0 Å². The molecule has 7 heteroatoms. The zero-order valence-corrected chi connectivity index (χ0v) is 13.4. The van der Waals surface area contributed by atoms with Crippen molar-refractivity contribution in [2.45, 2.75) is 0 Å². The molecule has 6 nitrogen and oxygen atoms in total. The largest absolute Gasteiger partial charge is 0.319 e. The zero-order chi connectivity index (χ0) is 16.2. The first kappa shape index (κ1) is 15.1. The van der Waals surface area contributed by atoms with E-state index in [0.717, 1.165) is 4.47 Å². The normalized spacial score (nSPS) is 11.4. The number of para-hydroxylation sites is 2. The number of H-pyrrole nitrogens is 1. The molecule has 0 aliphatic carbocycles. The van der Waals surface area contributed by atoms with E-state index in [1.165, 1.54) is 0 Å². The van der Waals surface area contributed by atoms with Crippen LogP contribution in [0.15, 0.2) is 62.9 Å². The Hall–Kier alpha value is -2.80. The number of rotatable bonds is 4. The summed E-state index contributed by atoms with van der Waals surface area (Å²) >= 11 is 3.33. The van der Waals surface area contributed by atoms with Crippen molar-refractivity contribution in [2.24, 2.45) is 5.10 Å². The molecule has 3 aromatic rings. The van der Waals surface area contributed by atoms with Gasteiger partial charge in [-0.25, -0.2) is 4.98 Å². The van der Waals surface area contributed by atoms with Gasteiger partial charge in [0.1, 0.15) is 0 Å². The molecule has 0 amide bonds. The van der Waals surface area contributed by atoms with E-state index in [9.17, 15) is 9.59 Å². The number of carbonyl (C=O) groups is 1. The fourth-order valence-corrected chi connectivity index (χ4v) is 2.25. The van der Waals surface area contributed by atoms with Crippen molar-refractivity contribution in [1.29, 1.82) is 0 Å². The minimum Gasteiger partial charge on any atom is -0.319 e. The van der Waals surface area contributed by atoms with Gasteiger partial charge in [-0.2, -0.15) is 5.10 Å². The van der Waals surface area contributed by atoms with Gasteiger partial charge in [0, 0.05) is 4.47 Å². The van der Waals surface area contributed by atoms with E-state index in [4.69, 9.17) is 0 Å². The number of hydrogen-bond donors (Lipinski definition) is 2. The van der Waals surface area contributed by atoms with Crippen molar-refractivity contribution < 1.29 is 4.79 Å². The summed E-state index contributed by atoms with van der Waals surface area (Å²) in [5.74, 6) is 0. The number of anilines is 1. The number of aromatic nitrogens is 2. The number of nitrogens with zero attached hydrogens (tertiary/aromatic N) is 2. The molecular formula is C16H11BrN4O2. The average Bonchev–Trinajstić information content (AvgIpc) is 2.57. The summed E-state index contributed by atoms with van der Waals surface area (Å²) in [7, 11) is 0. The maximum Gasteiger partial charge on any atom is 0.276 e. The minimum absolute atomic E-state index is 0.0247. The molecule has 114 valence electrons. The van der Waals surface area contributed by atoms with Gasteiger partial charge in [0.2, 0.25) is 0 Å². The molecule has 0 saturated carbocycles. The smallest absolute Gasteiger partial charge is 0.276 e. The molecule has 2 N–H and O–H groups in total. The highest BCUT2D eigenvalue weighted by Gasteiger charge is 2.11. The minimum atomic E-state index is -0.466. The van der Waals surface area contributed by atoms with Gasteiger partial charge in [-0.05, 0) is 36.4 Å². The Balaban J connectivity index is 1.98. The number of benzene rings is 2. The standard InChI is InChI=1S/C16H11BrN4O2/c17-10-5-7-11(8-6-10)20-21-14(9-22)15-16(23)19-13-4-2-1-3-12(13)18-15/h1-9,20H,(H,19,23). The Morgan fingerprint density at radius 2 is 1.91 bits per heavy atom. The summed E-state index contributed by atoms with van der Waals surface area (Å²) in [4.78, 5) is 30.3. The topological polar surface area (TPSA) is 87.2 Å². The van der Waals surface area contributed by atoms with Gasteiger partial charge in [0.25, 0.3) is 5.56 Å². The SMILES string of the molecule is O=CC(=NNc1ccc(Br)cc1)c1nc2ccccc2[nH]c1=O. The van der Waals surface area contributed by atoms with Crippen molar-refractivity contribution in [3.05, 3.63) is 69.1 Å². The number of fused-ring (bicyclic) bond motifs is 1. The van der Waals surface area contributed by atoms with Crippen LogP contribution in [0.4, 0.5) is 5.69 Å². The quantitative estimate of drug-likeness (QED) is 0.419. The average molecular weight is 371 g/mol. The third-order valence-electron chi connectivity index (χ3n) is 3.10. The Kier molecular flexibility index (Phi) is 4.29. The number of nitrogens with one attached hydrogen (secondary N) is 2. The maximum absolute atomic E-state index is 12.1. The molecule has 0 fully saturated rings. The van der Waals surface area contributed by atoms with E-state index in [2.05, 4.69) is 36.4 Å². The zero-order valence-electron chi connectivity index (χ0n) is 11.8. The lowest BCUT2D eigenvalue weighted by Crippen LogP contribution is -2.22. The molecule has 1 aromatic heterocycles. The lowest BCUT2D eigenvalue weighted by molar-refractivity contribution is -0.102. The van der Waals surface area contributed by atoms with E-state index in [0.29, 0.717) is 23.0 Å². The Labute approximate surface area is 139 Å². The maximum atomic E-state index is 12.1. The van der Waals surface area contributed by atoms with Crippen molar-refractivity contribution in [3.8, 4) is 0 Å². The fourth-order valence-electron chi connectivity index (χ4n) is 1.99. The Bertz CT molecular complexity index is 948. The second-order valence-corrected chi connectivity index (χ2v) is 5.58. The predicted molar refractivity (Wildman–Crippen MR) is 92.7 cm³/mol. The Morgan fingerprint density at radius 1 is 1.17 bits per heavy atom. The van der Waals surface area contributed by atoms with Crippen LogP contribution in [0.3, 0.4) is 0 Å². The lowest BCUT2D eigenvalue weighted by Gasteiger charge is -2.03. The first-order valence-electron chi connectivity index (χ1n) is 6.71. The number of hydrazone groups is 1. The van der Waals surface area contributed by atoms with E-state index in [1.807, 2.05) is 12.1 Å². The molecule has 0 aliphatic heterocycles. The van der Waals surface area contributed by atoms with E-state index in [1.54, 1.807) is 36.4 Å². The molecule has 0 unspecified atom stereocenters. The molecular weight excluding hydrogens is 360 g/mol.